The van der Waals surface area contributed by atoms with E-state index in [1.165, 1.54) is 23.5 Å². The number of imidazole rings is 1. The van der Waals surface area contributed by atoms with Crippen molar-refractivity contribution in [2.75, 3.05) is 0 Å². The maximum atomic E-state index is 10.8. The van der Waals surface area contributed by atoms with Crippen molar-refractivity contribution in [3.8, 4) is 11.3 Å². The Morgan fingerprint density at radius 1 is 1.44 bits per heavy atom. The Morgan fingerprint density at radius 3 is 3.00 bits per heavy atom. The molecule has 3 aromatic rings. The minimum atomic E-state index is -0.407. The summed E-state index contributed by atoms with van der Waals surface area (Å²) in [6, 6.07) is 6.47. The second-order valence-electron chi connectivity index (χ2n) is 3.79. The zero-order valence-electron chi connectivity index (χ0n) is 9.40. The maximum absolute atomic E-state index is 10.8. The van der Waals surface area contributed by atoms with Gasteiger partial charge in [-0.2, -0.15) is 5.10 Å². The molecule has 0 spiro atoms. The monoisotopic (exact) mass is 260 g/mol. The first-order valence-corrected chi connectivity index (χ1v) is 6.08. The number of non-ortho nitro benzene ring substituents is 1. The van der Waals surface area contributed by atoms with Crippen LogP contribution < -0.4 is 0 Å². The fraction of sp³-hybridized carbons (Fsp3) is 0.0909. The number of aromatic nitrogens is 3. The third-order valence-corrected chi connectivity index (χ3v) is 3.37. The predicted octanol–water partition coefficient (Wildman–Crippen LogP) is 2.67. The van der Waals surface area contributed by atoms with Crippen LogP contribution in [0.25, 0.3) is 16.2 Å². The van der Waals surface area contributed by atoms with E-state index in [9.17, 15) is 10.1 Å². The molecule has 7 heteroatoms. The molecule has 1 aromatic carbocycles. The number of hydrogen-bond donors (Lipinski definition) is 0. The highest BCUT2D eigenvalue weighted by Gasteiger charge is 2.14. The lowest BCUT2D eigenvalue weighted by Crippen LogP contribution is -1.90. The molecule has 18 heavy (non-hydrogen) atoms. The number of fused-ring (bicyclic) bond motifs is 1. The zero-order valence-corrected chi connectivity index (χ0v) is 10.2. The van der Waals surface area contributed by atoms with Crippen LogP contribution in [0.1, 0.15) is 5.69 Å². The Bertz CT molecular complexity index is 746. The lowest BCUT2D eigenvalue weighted by atomic mass is 10.1. The Labute approximate surface area is 106 Å². The van der Waals surface area contributed by atoms with Gasteiger partial charge in [0.05, 0.1) is 16.3 Å². The molecular weight excluding hydrogens is 252 g/mol. The largest absolute Gasteiger partial charge is 0.270 e. The van der Waals surface area contributed by atoms with Crippen molar-refractivity contribution in [3.05, 3.63) is 45.6 Å². The molecule has 2 heterocycles. The third-order valence-electron chi connectivity index (χ3n) is 2.70. The highest BCUT2D eigenvalue weighted by molar-refractivity contribution is 7.14. The van der Waals surface area contributed by atoms with Gasteiger partial charge in [-0.25, -0.2) is 9.50 Å². The average Bonchev–Trinajstić information content (AvgIpc) is 2.93. The molecule has 0 N–H and O–H groups in total. The van der Waals surface area contributed by atoms with Crippen molar-refractivity contribution in [1.29, 1.82) is 0 Å². The van der Waals surface area contributed by atoms with E-state index < -0.39 is 4.92 Å². The van der Waals surface area contributed by atoms with Crippen molar-refractivity contribution >= 4 is 22.0 Å². The predicted molar refractivity (Wildman–Crippen MR) is 67.7 cm³/mol. The number of nitro groups is 1. The summed E-state index contributed by atoms with van der Waals surface area (Å²) in [6.07, 6.45) is 0. The van der Waals surface area contributed by atoms with Gasteiger partial charge in [0.25, 0.3) is 5.69 Å². The molecule has 0 saturated heterocycles. The molecule has 3 rings (SSSR count). The fourth-order valence-electron chi connectivity index (χ4n) is 1.84. The first kappa shape index (κ1) is 10.8. The van der Waals surface area contributed by atoms with Gasteiger partial charge in [-0.15, -0.1) is 0 Å². The van der Waals surface area contributed by atoms with Crippen LogP contribution in [0.5, 0.6) is 0 Å². The van der Waals surface area contributed by atoms with Gasteiger partial charge in [0.2, 0.25) is 4.96 Å². The second-order valence-corrected chi connectivity index (χ2v) is 4.60. The van der Waals surface area contributed by atoms with Gasteiger partial charge < -0.3 is 0 Å². The lowest BCUT2D eigenvalue weighted by molar-refractivity contribution is -0.384. The Kier molecular flexibility index (Phi) is 2.34. The smallest absolute Gasteiger partial charge is 0.258 e. The van der Waals surface area contributed by atoms with E-state index in [1.54, 1.807) is 16.1 Å². The zero-order chi connectivity index (χ0) is 12.7. The van der Waals surface area contributed by atoms with E-state index in [1.807, 2.05) is 13.0 Å². The van der Waals surface area contributed by atoms with Crippen molar-refractivity contribution in [2.45, 2.75) is 6.92 Å². The van der Waals surface area contributed by atoms with E-state index in [-0.39, 0.29) is 5.69 Å². The summed E-state index contributed by atoms with van der Waals surface area (Å²) in [6.45, 7) is 1.90. The molecule has 0 aliphatic heterocycles. The third kappa shape index (κ3) is 1.56. The Morgan fingerprint density at radius 2 is 2.28 bits per heavy atom. The van der Waals surface area contributed by atoms with Crippen molar-refractivity contribution in [3.63, 3.8) is 0 Å². The summed E-state index contributed by atoms with van der Waals surface area (Å²) in [5, 5.41) is 14.9. The molecule has 0 aliphatic rings. The first-order chi connectivity index (χ1) is 8.66. The molecule has 0 radical (unpaired) electrons. The molecule has 2 aromatic heterocycles. The lowest BCUT2D eigenvalue weighted by Gasteiger charge is -1.98. The van der Waals surface area contributed by atoms with Crippen LogP contribution in [0, 0.1) is 17.0 Å². The van der Waals surface area contributed by atoms with Crippen LogP contribution in [0.3, 0.4) is 0 Å². The minimum absolute atomic E-state index is 0.0659. The van der Waals surface area contributed by atoms with E-state index in [2.05, 4.69) is 10.1 Å². The first-order valence-electron chi connectivity index (χ1n) is 5.20. The number of nitro benzene ring substituents is 1. The Balaban J connectivity index is 2.19. The minimum Gasteiger partial charge on any atom is -0.258 e. The number of rotatable bonds is 2. The van der Waals surface area contributed by atoms with Gasteiger partial charge in [-0.3, -0.25) is 10.1 Å². The van der Waals surface area contributed by atoms with Crippen LogP contribution >= 0.6 is 11.3 Å². The molecule has 0 fully saturated rings. The number of nitrogens with zero attached hydrogens (tertiary/aromatic N) is 4. The van der Waals surface area contributed by atoms with Crippen LogP contribution in [0.4, 0.5) is 5.69 Å². The molecule has 0 bridgehead atoms. The molecule has 0 aliphatic carbocycles. The summed E-state index contributed by atoms with van der Waals surface area (Å²) in [7, 11) is 0. The molecule has 0 amide bonds. The molecule has 0 unspecified atom stereocenters. The van der Waals surface area contributed by atoms with Crippen molar-refractivity contribution in [1.82, 2.24) is 14.6 Å². The summed E-state index contributed by atoms with van der Waals surface area (Å²) < 4.78 is 1.73. The summed E-state index contributed by atoms with van der Waals surface area (Å²) in [4.78, 5) is 15.6. The molecule has 6 nitrogen and oxygen atoms in total. The molecular formula is C11H8N4O2S. The van der Waals surface area contributed by atoms with Gasteiger partial charge in [0, 0.05) is 17.7 Å². The van der Waals surface area contributed by atoms with Gasteiger partial charge in [0.1, 0.15) is 5.51 Å². The normalized spacial score (nSPS) is 10.9. The van der Waals surface area contributed by atoms with Crippen LogP contribution in [-0.4, -0.2) is 19.5 Å². The summed E-state index contributed by atoms with van der Waals surface area (Å²) >= 11 is 1.43. The maximum Gasteiger partial charge on any atom is 0.270 e. The SMILES string of the molecule is Cc1c(-c2cccc([N+](=O)[O-])c2)nc2scnn12. The van der Waals surface area contributed by atoms with E-state index in [0.717, 1.165) is 21.9 Å². The number of benzene rings is 1. The van der Waals surface area contributed by atoms with Gasteiger partial charge in [-0.1, -0.05) is 23.5 Å². The highest BCUT2D eigenvalue weighted by Crippen LogP contribution is 2.27. The Hall–Kier alpha value is -2.28. The van der Waals surface area contributed by atoms with Crippen LogP contribution in [0.15, 0.2) is 29.8 Å². The van der Waals surface area contributed by atoms with Gasteiger partial charge >= 0.3 is 0 Å². The van der Waals surface area contributed by atoms with E-state index >= 15 is 0 Å². The number of hydrogen-bond acceptors (Lipinski definition) is 5. The summed E-state index contributed by atoms with van der Waals surface area (Å²) in [5.41, 5.74) is 4.13. The quantitative estimate of drug-likeness (QED) is 0.524. The van der Waals surface area contributed by atoms with E-state index in [0.29, 0.717) is 0 Å². The number of aryl methyl sites for hydroxylation is 1. The second kappa shape index (κ2) is 3.88. The van der Waals surface area contributed by atoms with Crippen LogP contribution in [-0.2, 0) is 0 Å². The van der Waals surface area contributed by atoms with Crippen molar-refractivity contribution in [2.24, 2.45) is 0 Å². The summed E-state index contributed by atoms with van der Waals surface area (Å²) in [5.74, 6) is 0. The van der Waals surface area contributed by atoms with E-state index in [4.69, 9.17) is 0 Å². The topological polar surface area (TPSA) is 73.3 Å². The molecule has 0 atom stereocenters. The van der Waals surface area contributed by atoms with Gasteiger partial charge in [0.15, 0.2) is 0 Å². The van der Waals surface area contributed by atoms with Gasteiger partial charge in [-0.05, 0) is 6.92 Å². The molecule has 0 saturated carbocycles. The fourth-order valence-corrected chi connectivity index (χ4v) is 2.50. The van der Waals surface area contributed by atoms with Crippen molar-refractivity contribution < 1.29 is 4.92 Å². The molecule has 90 valence electrons. The van der Waals surface area contributed by atoms with Crippen LogP contribution in [0.2, 0.25) is 0 Å². The highest BCUT2D eigenvalue weighted by atomic mass is 32.1. The average molecular weight is 260 g/mol. The standard InChI is InChI=1S/C11H8N4O2S/c1-7-10(13-11-14(7)12-6-18-11)8-3-2-4-9(5-8)15(16)17/h2-6H,1H3.